The standard InChI is InChI=1S/C6H5IN/c1-5-2-3-6(7)8-4-5/h2-4H,1H2. The van der Waals surface area contributed by atoms with E-state index in [2.05, 4.69) is 34.5 Å². The highest BCUT2D eigenvalue weighted by Gasteiger charge is 1.82. The minimum Gasteiger partial charge on any atom is -0.250 e. The molecule has 0 amide bonds. The molecule has 0 saturated heterocycles. The Kier molecular flexibility index (Phi) is 1.83. The van der Waals surface area contributed by atoms with E-state index in [9.17, 15) is 0 Å². The second-order valence-electron chi connectivity index (χ2n) is 1.49. The minimum atomic E-state index is 0.963. The lowest BCUT2D eigenvalue weighted by molar-refractivity contribution is 1.25. The second-order valence-corrected chi connectivity index (χ2v) is 2.59. The average molecular weight is 218 g/mol. The minimum absolute atomic E-state index is 0.963. The van der Waals surface area contributed by atoms with Gasteiger partial charge in [-0.3, -0.25) is 4.98 Å². The van der Waals surface area contributed by atoms with Gasteiger partial charge in [0.25, 0.3) is 0 Å². The number of hydrogen-bond acceptors (Lipinski definition) is 1. The number of hydrogen-bond donors (Lipinski definition) is 0. The number of pyridine rings is 1. The molecule has 1 rings (SSSR count). The van der Waals surface area contributed by atoms with Gasteiger partial charge in [0, 0.05) is 6.20 Å². The van der Waals surface area contributed by atoms with Crippen LogP contribution < -0.4 is 0 Å². The van der Waals surface area contributed by atoms with Crippen molar-refractivity contribution in [3.63, 3.8) is 0 Å². The lowest BCUT2D eigenvalue weighted by Crippen LogP contribution is -1.77. The molecule has 0 aliphatic carbocycles. The fraction of sp³-hybridized carbons (Fsp3) is 0. The molecule has 0 saturated carbocycles. The molecule has 0 atom stereocenters. The van der Waals surface area contributed by atoms with E-state index < -0.39 is 0 Å². The summed E-state index contributed by atoms with van der Waals surface area (Å²) in [4.78, 5) is 4.00. The molecular formula is C6H5IN. The Morgan fingerprint density at radius 1 is 1.50 bits per heavy atom. The van der Waals surface area contributed by atoms with Gasteiger partial charge in [0.1, 0.15) is 3.70 Å². The van der Waals surface area contributed by atoms with E-state index in [0.717, 1.165) is 9.26 Å². The molecule has 0 aliphatic heterocycles. The Hall–Kier alpha value is -0.120. The van der Waals surface area contributed by atoms with E-state index in [-0.39, 0.29) is 0 Å². The van der Waals surface area contributed by atoms with Gasteiger partial charge >= 0.3 is 0 Å². The van der Waals surface area contributed by atoms with E-state index in [1.807, 2.05) is 12.1 Å². The van der Waals surface area contributed by atoms with Gasteiger partial charge in [0.15, 0.2) is 0 Å². The maximum atomic E-state index is 4.00. The molecule has 0 fully saturated rings. The van der Waals surface area contributed by atoms with E-state index in [1.165, 1.54) is 0 Å². The molecular weight excluding hydrogens is 213 g/mol. The van der Waals surface area contributed by atoms with Gasteiger partial charge in [-0.15, -0.1) is 0 Å². The fourth-order valence-electron chi connectivity index (χ4n) is 0.406. The van der Waals surface area contributed by atoms with Crippen molar-refractivity contribution in [2.45, 2.75) is 0 Å². The quantitative estimate of drug-likeness (QED) is 0.478. The monoisotopic (exact) mass is 218 g/mol. The van der Waals surface area contributed by atoms with Crippen LogP contribution in [0.4, 0.5) is 0 Å². The normalized spacial score (nSPS) is 9.25. The van der Waals surface area contributed by atoms with Crippen molar-refractivity contribution in [1.29, 1.82) is 0 Å². The maximum absolute atomic E-state index is 4.00. The molecule has 0 N–H and O–H groups in total. The van der Waals surface area contributed by atoms with Crippen molar-refractivity contribution in [2.24, 2.45) is 0 Å². The van der Waals surface area contributed by atoms with E-state index in [0.29, 0.717) is 0 Å². The van der Waals surface area contributed by atoms with E-state index >= 15 is 0 Å². The smallest absolute Gasteiger partial charge is 0.101 e. The zero-order valence-corrected chi connectivity index (χ0v) is 6.42. The summed E-state index contributed by atoms with van der Waals surface area (Å²) in [6, 6.07) is 3.87. The summed E-state index contributed by atoms with van der Waals surface area (Å²) in [6.07, 6.45) is 1.75. The molecule has 1 radical (unpaired) electrons. The Morgan fingerprint density at radius 2 is 2.25 bits per heavy atom. The summed E-state index contributed by atoms with van der Waals surface area (Å²) in [6.45, 7) is 3.70. The van der Waals surface area contributed by atoms with Crippen molar-refractivity contribution in [1.82, 2.24) is 4.98 Å². The average Bonchev–Trinajstić information content (AvgIpc) is 1.77. The predicted molar refractivity (Wildman–Crippen MR) is 41.4 cm³/mol. The molecule has 41 valence electrons. The number of halogens is 1. The number of aromatic nitrogens is 1. The van der Waals surface area contributed by atoms with Gasteiger partial charge in [0.05, 0.1) is 0 Å². The molecule has 2 heteroatoms. The Morgan fingerprint density at radius 3 is 2.62 bits per heavy atom. The molecule has 1 heterocycles. The third kappa shape index (κ3) is 1.43. The molecule has 1 aromatic rings. The molecule has 1 aromatic heterocycles. The molecule has 8 heavy (non-hydrogen) atoms. The third-order valence-electron chi connectivity index (χ3n) is 0.789. The van der Waals surface area contributed by atoms with Crippen LogP contribution in [0.15, 0.2) is 18.3 Å². The van der Waals surface area contributed by atoms with Crippen molar-refractivity contribution >= 4 is 22.6 Å². The first kappa shape index (κ1) is 6.01. The molecule has 0 unspecified atom stereocenters. The summed E-state index contributed by atoms with van der Waals surface area (Å²) in [5.41, 5.74) is 0.963. The molecule has 0 spiro atoms. The lowest BCUT2D eigenvalue weighted by atomic mass is 10.3. The summed E-state index contributed by atoms with van der Waals surface area (Å²) in [5, 5.41) is 0. The van der Waals surface area contributed by atoms with Crippen LogP contribution in [0.3, 0.4) is 0 Å². The lowest BCUT2D eigenvalue weighted by Gasteiger charge is -1.87. The first-order valence-corrected chi connectivity index (χ1v) is 3.30. The van der Waals surface area contributed by atoms with Crippen molar-refractivity contribution < 1.29 is 0 Å². The highest BCUT2D eigenvalue weighted by molar-refractivity contribution is 14.1. The van der Waals surface area contributed by atoms with Gasteiger partial charge in [-0.05, 0) is 41.1 Å². The van der Waals surface area contributed by atoms with Crippen molar-refractivity contribution in [3.8, 4) is 0 Å². The molecule has 0 bridgehead atoms. The largest absolute Gasteiger partial charge is 0.250 e. The highest BCUT2D eigenvalue weighted by Crippen LogP contribution is 1.99. The molecule has 1 nitrogen and oxygen atoms in total. The van der Waals surface area contributed by atoms with E-state index in [1.54, 1.807) is 6.20 Å². The highest BCUT2D eigenvalue weighted by atomic mass is 127. The van der Waals surface area contributed by atoms with Crippen LogP contribution in [-0.2, 0) is 0 Å². The van der Waals surface area contributed by atoms with Crippen LogP contribution in [0.1, 0.15) is 5.56 Å². The first-order chi connectivity index (χ1) is 3.79. The first-order valence-electron chi connectivity index (χ1n) is 2.22. The maximum Gasteiger partial charge on any atom is 0.101 e. The third-order valence-corrected chi connectivity index (χ3v) is 1.43. The SMILES string of the molecule is [CH2]c1ccc(I)nc1. The number of nitrogens with zero attached hydrogens (tertiary/aromatic N) is 1. The second kappa shape index (κ2) is 2.44. The summed E-state index contributed by atoms with van der Waals surface area (Å²) >= 11 is 2.16. The zero-order valence-electron chi connectivity index (χ0n) is 4.26. The van der Waals surface area contributed by atoms with Gasteiger partial charge in [0.2, 0.25) is 0 Å². The van der Waals surface area contributed by atoms with Crippen LogP contribution in [0.5, 0.6) is 0 Å². The summed E-state index contributed by atoms with van der Waals surface area (Å²) in [5.74, 6) is 0. The summed E-state index contributed by atoms with van der Waals surface area (Å²) in [7, 11) is 0. The van der Waals surface area contributed by atoms with Gasteiger partial charge in [-0.2, -0.15) is 0 Å². The summed E-state index contributed by atoms with van der Waals surface area (Å²) < 4.78 is 1.01. The van der Waals surface area contributed by atoms with Crippen molar-refractivity contribution in [3.05, 3.63) is 34.5 Å². The predicted octanol–water partition coefficient (Wildman–Crippen LogP) is 1.87. The Labute approximate surface area is 62.3 Å². The zero-order chi connectivity index (χ0) is 5.98. The Balaban J connectivity index is 3.03. The van der Waals surface area contributed by atoms with Gasteiger partial charge in [-0.25, -0.2) is 0 Å². The van der Waals surface area contributed by atoms with Gasteiger partial charge in [-0.1, -0.05) is 6.07 Å². The Bertz CT molecular complexity index is 147. The topological polar surface area (TPSA) is 12.9 Å². The van der Waals surface area contributed by atoms with E-state index in [4.69, 9.17) is 0 Å². The molecule has 0 aromatic carbocycles. The van der Waals surface area contributed by atoms with Crippen molar-refractivity contribution in [2.75, 3.05) is 0 Å². The van der Waals surface area contributed by atoms with Crippen LogP contribution >= 0.6 is 22.6 Å². The fourth-order valence-corrected chi connectivity index (χ4v) is 0.726. The van der Waals surface area contributed by atoms with Crippen LogP contribution in [-0.4, -0.2) is 4.98 Å². The van der Waals surface area contributed by atoms with Crippen LogP contribution in [0, 0.1) is 10.6 Å². The molecule has 0 aliphatic rings. The number of rotatable bonds is 0. The van der Waals surface area contributed by atoms with Crippen LogP contribution in [0.25, 0.3) is 0 Å². The van der Waals surface area contributed by atoms with Gasteiger partial charge < -0.3 is 0 Å². The van der Waals surface area contributed by atoms with Crippen LogP contribution in [0.2, 0.25) is 0 Å².